The van der Waals surface area contributed by atoms with Gasteiger partial charge in [0.1, 0.15) is 18.1 Å². The van der Waals surface area contributed by atoms with Crippen molar-refractivity contribution in [3.05, 3.63) is 54.0 Å². The van der Waals surface area contributed by atoms with E-state index in [4.69, 9.17) is 13.9 Å². The fourth-order valence-electron chi connectivity index (χ4n) is 2.97. The molecule has 1 aliphatic rings. The van der Waals surface area contributed by atoms with E-state index in [0.717, 1.165) is 62.4 Å². The Hall–Kier alpha value is -2.51. The van der Waals surface area contributed by atoms with E-state index in [9.17, 15) is 0 Å². The summed E-state index contributed by atoms with van der Waals surface area (Å²) in [7, 11) is 0. The fraction of sp³-hybridized carbons (Fsp3) is 0.476. The molecule has 0 atom stereocenters. The van der Waals surface area contributed by atoms with Crippen molar-refractivity contribution in [3.63, 3.8) is 0 Å². The quantitative estimate of drug-likeness (QED) is 0.509. The number of hydrogen-bond acceptors (Lipinski definition) is 5. The molecule has 152 valence electrons. The van der Waals surface area contributed by atoms with E-state index in [2.05, 4.69) is 26.6 Å². The highest BCUT2D eigenvalue weighted by atomic mass is 16.5. The highest BCUT2D eigenvalue weighted by Gasteiger charge is 2.10. The van der Waals surface area contributed by atoms with Crippen molar-refractivity contribution in [2.75, 3.05) is 46.0 Å². The highest BCUT2D eigenvalue weighted by Crippen LogP contribution is 2.19. The van der Waals surface area contributed by atoms with Crippen molar-refractivity contribution >= 4 is 5.96 Å². The standard InChI is InChI=1S/C21H30N4O3/c1-2-22-21(24-17-19-7-5-12-27-19)23-16-18-6-3-4-8-20(18)28-15-11-25-9-13-26-14-10-25/h3-8,12H,2,9-11,13-17H2,1H3,(H2,22,23,24). The predicted molar refractivity (Wildman–Crippen MR) is 110 cm³/mol. The summed E-state index contributed by atoms with van der Waals surface area (Å²) in [5.74, 6) is 2.51. The van der Waals surface area contributed by atoms with Gasteiger partial charge >= 0.3 is 0 Å². The van der Waals surface area contributed by atoms with E-state index < -0.39 is 0 Å². The lowest BCUT2D eigenvalue weighted by molar-refractivity contribution is 0.0322. The van der Waals surface area contributed by atoms with Gasteiger partial charge in [0.05, 0.1) is 32.6 Å². The van der Waals surface area contributed by atoms with Crippen LogP contribution in [-0.2, 0) is 17.8 Å². The Balaban J connectivity index is 1.53. The normalized spacial score (nSPS) is 15.4. The maximum absolute atomic E-state index is 6.04. The van der Waals surface area contributed by atoms with Crippen molar-refractivity contribution in [1.82, 2.24) is 15.5 Å². The minimum Gasteiger partial charge on any atom is -0.492 e. The lowest BCUT2D eigenvalue weighted by atomic mass is 10.2. The van der Waals surface area contributed by atoms with Crippen LogP contribution in [-0.4, -0.2) is 56.9 Å². The molecule has 1 aromatic carbocycles. The molecule has 3 rings (SSSR count). The molecular formula is C21H30N4O3. The molecule has 0 spiro atoms. The minimum atomic E-state index is 0.543. The molecule has 1 aromatic heterocycles. The summed E-state index contributed by atoms with van der Waals surface area (Å²) in [6, 6.07) is 11.9. The van der Waals surface area contributed by atoms with Gasteiger partial charge in [-0.2, -0.15) is 0 Å². The van der Waals surface area contributed by atoms with Crippen LogP contribution in [0.2, 0.25) is 0 Å². The Morgan fingerprint density at radius 2 is 2.00 bits per heavy atom. The second-order valence-corrected chi connectivity index (χ2v) is 6.54. The largest absolute Gasteiger partial charge is 0.492 e. The van der Waals surface area contributed by atoms with Crippen LogP contribution in [0, 0.1) is 0 Å². The number of ether oxygens (including phenoxy) is 2. The monoisotopic (exact) mass is 386 g/mol. The van der Waals surface area contributed by atoms with E-state index >= 15 is 0 Å². The molecule has 28 heavy (non-hydrogen) atoms. The van der Waals surface area contributed by atoms with Gasteiger partial charge in [0.2, 0.25) is 0 Å². The van der Waals surface area contributed by atoms with Gasteiger partial charge in [-0.05, 0) is 25.1 Å². The van der Waals surface area contributed by atoms with Crippen LogP contribution in [0.15, 0.2) is 52.1 Å². The zero-order valence-electron chi connectivity index (χ0n) is 16.5. The van der Waals surface area contributed by atoms with E-state index in [1.165, 1.54) is 0 Å². The number of furan rings is 1. The van der Waals surface area contributed by atoms with Gasteiger partial charge < -0.3 is 24.5 Å². The number of para-hydroxylation sites is 1. The summed E-state index contributed by atoms with van der Waals surface area (Å²) < 4.78 is 16.8. The van der Waals surface area contributed by atoms with Gasteiger partial charge in [0, 0.05) is 31.7 Å². The van der Waals surface area contributed by atoms with Gasteiger partial charge in [-0.15, -0.1) is 0 Å². The second kappa shape index (κ2) is 11.4. The highest BCUT2D eigenvalue weighted by molar-refractivity contribution is 5.79. The van der Waals surface area contributed by atoms with Crippen LogP contribution >= 0.6 is 0 Å². The van der Waals surface area contributed by atoms with Gasteiger partial charge in [0.25, 0.3) is 0 Å². The number of rotatable bonds is 9. The summed E-state index contributed by atoms with van der Waals surface area (Å²) in [4.78, 5) is 7.05. The second-order valence-electron chi connectivity index (χ2n) is 6.54. The number of nitrogens with one attached hydrogen (secondary N) is 2. The fourth-order valence-corrected chi connectivity index (χ4v) is 2.97. The van der Waals surface area contributed by atoms with Crippen LogP contribution in [0.25, 0.3) is 0 Å². The zero-order valence-corrected chi connectivity index (χ0v) is 16.5. The maximum atomic E-state index is 6.04. The van der Waals surface area contributed by atoms with Crippen molar-refractivity contribution in [3.8, 4) is 5.75 Å². The first kappa shape index (κ1) is 20.2. The topological polar surface area (TPSA) is 71.3 Å². The molecule has 0 amide bonds. The van der Waals surface area contributed by atoms with Crippen molar-refractivity contribution in [1.29, 1.82) is 0 Å². The Kier molecular flexibility index (Phi) is 8.21. The van der Waals surface area contributed by atoms with Crippen LogP contribution in [0.1, 0.15) is 18.2 Å². The molecule has 0 unspecified atom stereocenters. The molecule has 2 aromatic rings. The third-order valence-corrected chi connectivity index (χ3v) is 4.50. The Bertz CT molecular complexity index is 712. The summed E-state index contributed by atoms with van der Waals surface area (Å²) in [6.07, 6.45) is 1.67. The lowest BCUT2D eigenvalue weighted by Gasteiger charge is -2.26. The molecule has 7 nitrogen and oxygen atoms in total. The molecular weight excluding hydrogens is 356 g/mol. The molecule has 0 radical (unpaired) electrons. The van der Waals surface area contributed by atoms with Crippen molar-refractivity contribution in [2.45, 2.75) is 20.0 Å². The van der Waals surface area contributed by atoms with Crippen molar-refractivity contribution < 1.29 is 13.9 Å². The third kappa shape index (κ3) is 6.58. The summed E-state index contributed by atoms with van der Waals surface area (Å²) in [5.41, 5.74) is 1.07. The van der Waals surface area contributed by atoms with Crippen LogP contribution < -0.4 is 15.4 Å². The predicted octanol–water partition coefficient (Wildman–Crippen LogP) is 2.25. The first-order valence-electron chi connectivity index (χ1n) is 9.90. The van der Waals surface area contributed by atoms with Gasteiger partial charge in [-0.25, -0.2) is 4.99 Å². The summed E-state index contributed by atoms with van der Waals surface area (Å²) in [5, 5.41) is 6.54. The van der Waals surface area contributed by atoms with Gasteiger partial charge in [0.15, 0.2) is 5.96 Å². The van der Waals surface area contributed by atoms with Crippen LogP contribution in [0.3, 0.4) is 0 Å². The number of nitrogens with zero attached hydrogens (tertiary/aromatic N) is 2. The zero-order chi connectivity index (χ0) is 19.4. The number of guanidine groups is 1. The first-order valence-corrected chi connectivity index (χ1v) is 9.90. The minimum absolute atomic E-state index is 0.543. The first-order chi connectivity index (χ1) is 13.8. The van der Waals surface area contributed by atoms with E-state index in [1.807, 2.05) is 37.3 Å². The smallest absolute Gasteiger partial charge is 0.191 e. The molecule has 0 aliphatic carbocycles. The van der Waals surface area contributed by atoms with E-state index in [1.54, 1.807) is 6.26 Å². The molecule has 1 fully saturated rings. The molecule has 1 aliphatic heterocycles. The molecule has 2 N–H and O–H groups in total. The number of morpholine rings is 1. The van der Waals surface area contributed by atoms with Crippen molar-refractivity contribution in [2.24, 2.45) is 4.99 Å². The Morgan fingerprint density at radius 1 is 1.14 bits per heavy atom. The molecule has 1 saturated heterocycles. The maximum Gasteiger partial charge on any atom is 0.191 e. The lowest BCUT2D eigenvalue weighted by Crippen LogP contribution is -2.38. The van der Waals surface area contributed by atoms with Crippen LogP contribution in [0.4, 0.5) is 0 Å². The average Bonchev–Trinajstić information content (AvgIpc) is 3.25. The van der Waals surface area contributed by atoms with Gasteiger partial charge in [-0.1, -0.05) is 18.2 Å². The average molecular weight is 386 g/mol. The molecule has 7 heteroatoms. The summed E-state index contributed by atoms with van der Waals surface area (Å²) in [6.45, 7) is 9.12. The number of aliphatic imine (C=N–C) groups is 1. The SMILES string of the molecule is CCNC(=NCc1ccccc1OCCN1CCOCC1)NCc1ccco1. The van der Waals surface area contributed by atoms with Gasteiger partial charge in [-0.3, -0.25) is 4.90 Å². The number of hydrogen-bond donors (Lipinski definition) is 2. The summed E-state index contributed by atoms with van der Waals surface area (Å²) >= 11 is 0. The van der Waals surface area contributed by atoms with E-state index in [0.29, 0.717) is 19.7 Å². The third-order valence-electron chi connectivity index (χ3n) is 4.50. The molecule has 0 bridgehead atoms. The molecule has 2 heterocycles. The van der Waals surface area contributed by atoms with E-state index in [-0.39, 0.29) is 0 Å². The number of benzene rings is 1. The molecule has 0 saturated carbocycles. The Labute approximate surface area is 166 Å². The Morgan fingerprint density at radius 3 is 2.79 bits per heavy atom. The van der Waals surface area contributed by atoms with Crippen LogP contribution in [0.5, 0.6) is 5.75 Å².